The Bertz CT molecular complexity index is 3070. The molecule has 0 N–H and O–H groups in total. The van der Waals surface area contributed by atoms with Gasteiger partial charge in [-0.25, -0.2) is 19.9 Å². The zero-order valence-electron chi connectivity index (χ0n) is 32.9. The molecular formula is C51H39N6P2+. The van der Waals surface area contributed by atoms with Gasteiger partial charge in [-0.3, -0.25) is 0 Å². The first-order chi connectivity index (χ1) is 29.0. The van der Waals surface area contributed by atoms with Gasteiger partial charge in [0.1, 0.15) is 35.8 Å². The fourth-order valence-electron chi connectivity index (χ4n) is 8.97. The minimum Gasteiger partial charge on any atom is -0.341 e. The third-order valence-electron chi connectivity index (χ3n) is 12.1. The van der Waals surface area contributed by atoms with Gasteiger partial charge in [0.05, 0.1) is 34.8 Å². The average molecular weight is 798 g/mol. The highest BCUT2D eigenvalue weighted by Gasteiger charge is 2.46. The van der Waals surface area contributed by atoms with E-state index in [2.05, 4.69) is 198 Å². The normalized spacial score (nSPS) is 16.6. The first-order valence-corrected chi connectivity index (χ1v) is 23.3. The van der Waals surface area contributed by atoms with Gasteiger partial charge in [-0.2, -0.15) is 0 Å². The van der Waals surface area contributed by atoms with Crippen LogP contribution < -0.4 is 41.6 Å². The summed E-state index contributed by atoms with van der Waals surface area (Å²) in [5, 5.41) is 14.5. The van der Waals surface area contributed by atoms with E-state index in [-0.39, 0.29) is 0 Å². The van der Waals surface area contributed by atoms with Crippen LogP contribution in [0, 0.1) is 0 Å². The lowest BCUT2D eigenvalue weighted by molar-refractivity contribution is 1.20. The van der Waals surface area contributed by atoms with Gasteiger partial charge in [0.25, 0.3) is 0 Å². The van der Waals surface area contributed by atoms with E-state index < -0.39 is 15.2 Å². The molecule has 0 saturated carbocycles. The summed E-state index contributed by atoms with van der Waals surface area (Å²) in [6, 6.07) is 58.8. The van der Waals surface area contributed by atoms with Crippen molar-refractivity contribution in [3.63, 3.8) is 0 Å². The standard InChI is InChI=1S/C51H39N6P2/c1-56-44-22-34-14-10-12-16-36(34)24-48(44)58(40-18-6-4-7-19-40)49-25-38-30-52-32-54-42(38)28-45(49)57(2)47-29-43-39(31-53-33-55-43)27-51(47)59(3,41-20-8-5-9-21-41)50-26-37-17-13-11-15-35(37)23-46(50)56/h4-33H,1-3H3/q+1. The van der Waals surface area contributed by atoms with Crippen molar-refractivity contribution in [1.29, 1.82) is 0 Å². The lowest BCUT2D eigenvalue weighted by Crippen LogP contribution is -2.38. The Morgan fingerprint density at radius 3 is 1.47 bits per heavy atom. The maximum atomic E-state index is 4.85. The van der Waals surface area contributed by atoms with Gasteiger partial charge < -0.3 is 9.80 Å². The molecule has 0 bridgehead atoms. The molecule has 0 spiro atoms. The lowest BCUT2D eigenvalue weighted by Gasteiger charge is -2.36. The van der Waals surface area contributed by atoms with Crippen molar-refractivity contribution in [1.82, 2.24) is 19.9 Å². The molecule has 0 saturated heterocycles. The highest BCUT2D eigenvalue weighted by molar-refractivity contribution is 7.95. The summed E-state index contributed by atoms with van der Waals surface area (Å²) in [7, 11) is 0.858. The Hall–Kier alpha value is -6.58. The number of hydrogen-bond donors (Lipinski definition) is 0. The van der Waals surface area contributed by atoms with Gasteiger partial charge in [0.2, 0.25) is 0 Å². The van der Waals surface area contributed by atoms with Gasteiger partial charge in [-0.1, -0.05) is 97.1 Å². The van der Waals surface area contributed by atoms with Gasteiger partial charge >= 0.3 is 0 Å². The lowest BCUT2D eigenvalue weighted by atomic mass is 10.1. The molecule has 1 aliphatic heterocycles. The number of aromatic nitrogens is 4. The van der Waals surface area contributed by atoms with Crippen molar-refractivity contribution in [3.05, 3.63) is 183 Å². The van der Waals surface area contributed by atoms with Crippen LogP contribution in [0.5, 0.6) is 0 Å². The Morgan fingerprint density at radius 2 is 0.864 bits per heavy atom. The summed E-state index contributed by atoms with van der Waals surface area (Å²) in [5.74, 6) is 0. The van der Waals surface area contributed by atoms with Crippen molar-refractivity contribution in [2.75, 3.05) is 30.6 Å². The summed E-state index contributed by atoms with van der Waals surface area (Å²) in [4.78, 5) is 23.6. The summed E-state index contributed by atoms with van der Waals surface area (Å²) in [6.45, 7) is 2.50. The zero-order chi connectivity index (χ0) is 39.7. The fourth-order valence-corrected chi connectivity index (χ4v) is 15.4. The summed E-state index contributed by atoms with van der Waals surface area (Å²) in [5.41, 5.74) is 6.38. The number of nitrogens with zero attached hydrogens (tertiary/aromatic N) is 6. The van der Waals surface area contributed by atoms with Crippen LogP contribution in [0.25, 0.3) is 43.4 Å². The quantitative estimate of drug-likeness (QED) is 0.163. The monoisotopic (exact) mass is 797 g/mol. The van der Waals surface area contributed by atoms with E-state index in [1.54, 1.807) is 12.7 Å². The van der Waals surface area contributed by atoms with Crippen molar-refractivity contribution in [2.24, 2.45) is 0 Å². The number of fused-ring (bicyclic) bond motifs is 8. The topological polar surface area (TPSA) is 58.0 Å². The van der Waals surface area contributed by atoms with E-state index in [9.17, 15) is 0 Å². The number of benzene rings is 8. The average Bonchev–Trinajstić information content (AvgIpc) is 3.30. The molecular weight excluding hydrogens is 759 g/mol. The minimum absolute atomic E-state index is 0.902. The Balaban J connectivity index is 1.37. The molecule has 3 heterocycles. The van der Waals surface area contributed by atoms with E-state index in [1.165, 1.54) is 64.7 Å². The van der Waals surface area contributed by atoms with Crippen molar-refractivity contribution < 1.29 is 0 Å². The molecule has 11 rings (SSSR count). The molecule has 2 unspecified atom stereocenters. The minimum atomic E-state index is -2.48. The summed E-state index contributed by atoms with van der Waals surface area (Å²) >= 11 is 0. The smallest absolute Gasteiger partial charge is 0.128 e. The Labute approximate surface area is 345 Å². The van der Waals surface area contributed by atoms with Crippen molar-refractivity contribution in [3.8, 4) is 0 Å². The molecule has 0 radical (unpaired) electrons. The third-order valence-corrected chi connectivity index (χ3v) is 18.5. The van der Waals surface area contributed by atoms with Gasteiger partial charge in [-0.05, 0) is 95.4 Å². The van der Waals surface area contributed by atoms with E-state index >= 15 is 0 Å². The Morgan fingerprint density at radius 1 is 0.441 bits per heavy atom. The van der Waals surface area contributed by atoms with E-state index in [1.807, 2.05) is 12.4 Å². The van der Waals surface area contributed by atoms with Crippen LogP contribution >= 0.6 is 15.2 Å². The van der Waals surface area contributed by atoms with Crippen LogP contribution in [0.15, 0.2) is 183 Å². The third kappa shape index (κ3) is 5.78. The maximum absolute atomic E-state index is 4.85. The highest BCUT2D eigenvalue weighted by atomic mass is 31.2. The van der Waals surface area contributed by atoms with Crippen LogP contribution in [0.2, 0.25) is 0 Å². The van der Waals surface area contributed by atoms with E-state index in [4.69, 9.17) is 9.97 Å². The molecule has 1 aliphatic rings. The molecule has 0 aliphatic carbocycles. The first-order valence-electron chi connectivity index (χ1n) is 19.7. The predicted octanol–water partition coefficient (Wildman–Crippen LogP) is 9.41. The number of anilines is 4. The molecule has 6 nitrogen and oxygen atoms in total. The van der Waals surface area contributed by atoms with Crippen LogP contribution in [0.4, 0.5) is 22.7 Å². The molecule has 8 heteroatoms. The summed E-state index contributed by atoms with van der Waals surface area (Å²) in [6.07, 6.45) is 7.21. The molecule has 8 aromatic carbocycles. The van der Waals surface area contributed by atoms with Crippen molar-refractivity contribution >= 4 is 113 Å². The van der Waals surface area contributed by atoms with E-state index in [0.717, 1.165) is 33.2 Å². The van der Waals surface area contributed by atoms with Crippen molar-refractivity contribution in [2.45, 2.75) is 0 Å². The molecule has 0 fully saturated rings. The zero-order valence-corrected chi connectivity index (χ0v) is 34.7. The SMILES string of the molecule is CN1c2cc3ccccc3cc2P(c2ccccc2)c2cc3cncnc3cc2N(C)c2cc3ncncc3cc2[P+](C)(c2ccccc2)c2cc3ccccc3cc21. The van der Waals surface area contributed by atoms with E-state index in [0.29, 0.717) is 0 Å². The predicted molar refractivity (Wildman–Crippen MR) is 254 cm³/mol. The first kappa shape index (κ1) is 35.6. The molecule has 2 aromatic heterocycles. The maximum Gasteiger partial charge on any atom is 0.128 e. The molecule has 10 aromatic rings. The molecule has 2 atom stereocenters. The number of rotatable bonds is 2. The van der Waals surface area contributed by atoms with Gasteiger partial charge in [-0.15, -0.1) is 0 Å². The second kappa shape index (κ2) is 14.1. The fraction of sp³-hybridized carbons (Fsp3) is 0.0588. The van der Waals surface area contributed by atoms with Crippen LogP contribution in [-0.4, -0.2) is 40.7 Å². The van der Waals surface area contributed by atoms with Gasteiger partial charge in [0, 0.05) is 53.6 Å². The summed E-state index contributed by atoms with van der Waals surface area (Å²) < 4.78 is 0. The molecule has 59 heavy (non-hydrogen) atoms. The molecule has 0 amide bonds. The Kier molecular flexibility index (Phi) is 8.48. The second-order valence-corrected chi connectivity index (χ2v) is 21.0. The highest BCUT2D eigenvalue weighted by Crippen LogP contribution is 2.58. The number of hydrogen-bond acceptors (Lipinski definition) is 6. The van der Waals surface area contributed by atoms with Crippen LogP contribution in [0.3, 0.4) is 0 Å². The second-order valence-electron chi connectivity index (χ2n) is 15.4. The van der Waals surface area contributed by atoms with Crippen LogP contribution in [-0.2, 0) is 0 Å². The van der Waals surface area contributed by atoms with Crippen LogP contribution in [0.1, 0.15) is 0 Å². The molecule has 282 valence electrons. The van der Waals surface area contributed by atoms with Gasteiger partial charge in [0.15, 0.2) is 0 Å². The largest absolute Gasteiger partial charge is 0.341 e.